The smallest absolute Gasteiger partial charge is 0.123 e. The maximum Gasteiger partial charge on any atom is 0.123 e. The first-order chi connectivity index (χ1) is 14.8. The Bertz CT molecular complexity index is 1110. The average Bonchev–Trinajstić information content (AvgIpc) is 3.45. The minimum absolute atomic E-state index is 0.160. The summed E-state index contributed by atoms with van der Waals surface area (Å²) in [6, 6.07) is 15.7. The van der Waals surface area contributed by atoms with Gasteiger partial charge in [-0.15, -0.1) is 0 Å². The third kappa shape index (κ3) is 3.98. The van der Waals surface area contributed by atoms with Crippen LogP contribution in [-0.4, -0.2) is 41.0 Å². The molecule has 4 nitrogen and oxygen atoms in total. The molecule has 2 aromatic carbocycles. The highest BCUT2D eigenvalue weighted by Crippen LogP contribution is 2.33. The zero-order chi connectivity index (χ0) is 20.3. The third-order valence-corrected chi connectivity index (χ3v) is 6.25. The van der Waals surface area contributed by atoms with Gasteiger partial charge in [0.1, 0.15) is 5.82 Å². The number of aromatic nitrogens is 2. The summed E-state index contributed by atoms with van der Waals surface area (Å²) in [5.74, 6) is 0.343. The van der Waals surface area contributed by atoms with Gasteiger partial charge in [0.2, 0.25) is 0 Å². The standard InChI is InChI=1S/C25H27FN4/c26-21-4-5-25-23(15-21)24(17-29-25)18-7-11-30(12-8-18)13-10-28-22-3-1-2-19(14-22)20-6-9-27-16-20/h1-6,9,14-18,27-29H,7-8,10-13H2. The molecule has 3 N–H and O–H groups in total. The van der Waals surface area contributed by atoms with Crippen LogP contribution in [-0.2, 0) is 0 Å². The molecular weight excluding hydrogens is 375 g/mol. The zero-order valence-corrected chi connectivity index (χ0v) is 17.0. The van der Waals surface area contributed by atoms with Gasteiger partial charge in [-0.3, -0.25) is 0 Å². The molecule has 0 amide bonds. The summed E-state index contributed by atoms with van der Waals surface area (Å²) in [6.45, 7) is 4.12. The van der Waals surface area contributed by atoms with E-state index in [0.29, 0.717) is 5.92 Å². The lowest BCUT2D eigenvalue weighted by Crippen LogP contribution is -2.36. The molecule has 1 saturated heterocycles. The summed E-state index contributed by atoms with van der Waals surface area (Å²) in [5.41, 5.74) is 5.88. The fourth-order valence-electron chi connectivity index (χ4n) is 4.59. The molecule has 0 aliphatic carbocycles. The highest BCUT2D eigenvalue weighted by Gasteiger charge is 2.22. The van der Waals surface area contributed by atoms with Crippen molar-refractivity contribution in [3.8, 4) is 11.1 Å². The van der Waals surface area contributed by atoms with Crippen molar-refractivity contribution in [2.45, 2.75) is 18.8 Å². The van der Waals surface area contributed by atoms with Crippen molar-refractivity contribution in [3.63, 3.8) is 0 Å². The molecule has 0 saturated carbocycles. The molecule has 154 valence electrons. The van der Waals surface area contributed by atoms with E-state index >= 15 is 0 Å². The number of hydrogen-bond donors (Lipinski definition) is 3. The van der Waals surface area contributed by atoms with Crippen LogP contribution in [0.1, 0.15) is 24.3 Å². The molecule has 1 aliphatic rings. The number of hydrogen-bond acceptors (Lipinski definition) is 2. The Balaban J connectivity index is 1.14. The molecule has 1 fully saturated rings. The van der Waals surface area contributed by atoms with Crippen molar-refractivity contribution in [1.82, 2.24) is 14.9 Å². The third-order valence-electron chi connectivity index (χ3n) is 6.25. The van der Waals surface area contributed by atoms with E-state index in [1.807, 2.05) is 18.5 Å². The summed E-state index contributed by atoms with van der Waals surface area (Å²) in [6.07, 6.45) is 8.28. The van der Waals surface area contributed by atoms with Crippen LogP contribution in [0, 0.1) is 5.82 Å². The lowest BCUT2D eigenvalue weighted by molar-refractivity contribution is 0.220. The van der Waals surface area contributed by atoms with E-state index in [1.165, 1.54) is 22.8 Å². The van der Waals surface area contributed by atoms with Crippen molar-refractivity contribution < 1.29 is 4.39 Å². The Morgan fingerprint density at radius 2 is 1.90 bits per heavy atom. The van der Waals surface area contributed by atoms with Gasteiger partial charge in [0.15, 0.2) is 0 Å². The van der Waals surface area contributed by atoms with E-state index in [0.717, 1.165) is 55.6 Å². The molecule has 0 bridgehead atoms. The summed E-state index contributed by atoms with van der Waals surface area (Å²) >= 11 is 0. The predicted octanol–water partition coefficient (Wildman–Crippen LogP) is 5.59. The fourth-order valence-corrected chi connectivity index (χ4v) is 4.59. The van der Waals surface area contributed by atoms with Crippen LogP contribution in [0.15, 0.2) is 67.1 Å². The summed E-state index contributed by atoms with van der Waals surface area (Å²) in [4.78, 5) is 8.93. The quantitative estimate of drug-likeness (QED) is 0.393. The number of nitrogens with one attached hydrogen (secondary N) is 3. The molecule has 5 heteroatoms. The molecule has 1 aliphatic heterocycles. The van der Waals surface area contributed by atoms with Crippen molar-refractivity contribution in [2.24, 2.45) is 0 Å². The summed E-state index contributed by atoms with van der Waals surface area (Å²) in [7, 11) is 0. The Labute approximate surface area is 176 Å². The molecule has 0 unspecified atom stereocenters. The van der Waals surface area contributed by atoms with E-state index in [1.54, 1.807) is 6.07 Å². The SMILES string of the molecule is Fc1ccc2[nH]cc(C3CCN(CCNc4cccc(-c5cc[nH]c5)c4)CC3)c2c1. The molecular formula is C25H27FN4. The van der Waals surface area contributed by atoms with Crippen LogP contribution in [0.4, 0.5) is 10.1 Å². The van der Waals surface area contributed by atoms with Crippen molar-refractivity contribution >= 4 is 16.6 Å². The van der Waals surface area contributed by atoms with Gasteiger partial charge >= 0.3 is 0 Å². The Morgan fingerprint density at radius 3 is 2.73 bits per heavy atom. The first-order valence-corrected chi connectivity index (χ1v) is 10.7. The Morgan fingerprint density at radius 1 is 1.00 bits per heavy atom. The Hall–Kier alpha value is -3.05. The summed E-state index contributed by atoms with van der Waals surface area (Å²) in [5, 5.41) is 4.60. The largest absolute Gasteiger partial charge is 0.384 e. The van der Waals surface area contributed by atoms with E-state index in [-0.39, 0.29) is 5.82 Å². The van der Waals surface area contributed by atoms with E-state index in [4.69, 9.17) is 0 Å². The molecule has 4 aromatic rings. The van der Waals surface area contributed by atoms with Gasteiger partial charge < -0.3 is 20.2 Å². The van der Waals surface area contributed by atoms with Gasteiger partial charge in [-0.05, 0) is 84.9 Å². The van der Waals surface area contributed by atoms with Crippen LogP contribution >= 0.6 is 0 Å². The number of benzene rings is 2. The number of H-pyrrole nitrogens is 2. The van der Waals surface area contributed by atoms with Gasteiger partial charge in [0.25, 0.3) is 0 Å². The summed E-state index contributed by atoms with van der Waals surface area (Å²) < 4.78 is 13.7. The zero-order valence-electron chi connectivity index (χ0n) is 17.0. The van der Waals surface area contributed by atoms with Crippen LogP contribution in [0.5, 0.6) is 0 Å². The first kappa shape index (κ1) is 18.9. The van der Waals surface area contributed by atoms with E-state index in [2.05, 4.69) is 56.7 Å². The average molecular weight is 403 g/mol. The molecule has 3 heterocycles. The van der Waals surface area contributed by atoms with E-state index in [9.17, 15) is 4.39 Å². The van der Waals surface area contributed by atoms with Crippen LogP contribution in [0.2, 0.25) is 0 Å². The maximum atomic E-state index is 13.7. The topological polar surface area (TPSA) is 46.9 Å². The molecule has 0 atom stereocenters. The molecule has 0 spiro atoms. The van der Waals surface area contributed by atoms with Gasteiger partial charge in [0, 0.05) is 48.3 Å². The van der Waals surface area contributed by atoms with Crippen molar-refractivity contribution in [1.29, 1.82) is 0 Å². The van der Waals surface area contributed by atoms with Gasteiger partial charge in [-0.1, -0.05) is 12.1 Å². The first-order valence-electron chi connectivity index (χ1n) is 10.7. The fraction of sp³-hybridized carbons (Fsp3) is 0.280. The number of anilines is 1. The minimum atomic E-state index is -0.160. The van der Waals surface area contributed by atoms with Gasteiger partial charge in [-0.25, -0.2) is 4.39 Å². The number of aromatic amines is 2. The van der Waals surface area contributed by atoms with Gasteiger partial charge in [-0.2, -0.15) is 0 Å². The maximum absolute atomic E-state index is 13.7. The number of piperidine rings is 1. The minimum Gasteiger partial charge on any atom is -0.384 e. The lowest BCUT2D eigenvalue weighted by Gasteiger charge is -2.32. The van der Waals surface area contributed by atoms with Crippen LogP contribution in [0.25, 0.3) is 22.0 Å². The number of halogens is 1. The highest BCUT2D eigenvalue weighted by atomic mass is 19.1. The monoisotopic (exact) mass is 402 g/mol. The molecule has 5 rings (SSSR count). The lowest BCUT2D eigenvalue weighted by atomic mass is 9.89. The molecule has 30 heavy (non-hydrogen) atoms. The number of likely N-dealkylation sites (tertiary alicyclic amines) is 1. The van der Waals surface area contributed by atoms with Crippen LogP contribution in [0.3, 0.4) is 0 Å². The predicted molar refractivity (Wildman–Crippen MR) is 121 cm³/mol. The molecule has 0 radical (unpaired) electrons. The number of fused-ring (bicyclic) bond motifs is 1. The van der Waals surface area contributed by atoms with Crippen LogP contribution < -0.4 is 5.32 Å². The number of nitrogens with zero attached hydrogens (tertiary/aromatic N) is 1. The van der Waals surface area contributed by atoms with Crippen molar-refractivity contribution in [3.05, 3.63) is 78.5 Å². The second kappa shape index (κ2) is 8.36. The second-order valence-corrected chi connectivity index (χ2v) is 8.16. The highest BCUT2D eigenvalue weighted by molar-refractivity contribution is 5.83. The van der Waals surface area contributed by atoms with Gasteiger partial charge in [0.05, 0.1) is 0 Å². The normalized spacial score (nSPS) is 15.6. The van der Waals surface area contributed by atoms with Crippen molar-refractivity contribution in [2.75, 3.05) is 31.5 Å². The Kier molecular flexibility index (Phi) is 5.28. The number of rotatable bonds is 6. The van der Waals surface area contributed by atoms with E-state index < -0.39 is 0 Å². The molecule has 2 aromatic heterocycles. The second-order valence-electron chi connectivity index (χ2n) is 8.16.